The molecule has 7 heteroatoms. The van der Waals surface area contributed by atoms with Gasteiger partial charge in [0.1, 0.15) is 17.8 Å². The van der Waals surface area contributed by atoms with Gasteiger partial charge < -0.3 is 14.9 Å². The first-order valence-electron chi connectivity index (χ1n) is 4.85. The molecule has 2 heterocycles. The Labute approximate surface area is 112 Å². The van der Waals surface area contributed by atoms with E-state index in [1.54, 1.807) is 14.0 Å². The largest absolute Gasteiger partial charge is 0.449 e. The molecule has 0 saturated carbocycles. The van der Waals surface area contributed by atoms with Crippen LogP contribution in [-0.4, -0.2) is 22.1 Å². The Bertz CT molecular complexity index is 541. The normalized spacial score (nSPS) is 10.8. The van der Waals surface area contributed by atoms with Crippen molar-refractivity contribution in [1.29, 1.82) is 0 Å². The van der Waals surface area contributed by atoms with Crippen molar-refractivity contribution in [3.8, 4) is 11.5 Å². The lowest BCUT2D eigenvalue weighted by Crippen LogP contribution is -2.06. The van der Waals surface area contributed by atoms with Crippen molar-refractivity contribution in [2.45, 2.75) is 13.5 Å². The molecular weight excluding hydrogens is 335 g/mol. The molecule has 0 aliphatic rings. The lowest BCUT2D eigenvalue weighted by molar-refractivity contribution is 0.181. The number of anilines is 1. The number of aromatic nitrogens is 3. The number of ether oxygens (including phenoxy) is 1. The number of nitrogens with zero attached hydrogens (tertiary/aromatic N) is 3. The first-order valence-corrected chi connectivity index (χ1v) is 5.93. The van der Waals surface area contributed by atoms with Crippen LogP contribution in [0.1, 0.15) is 11.6 Å². The van der Waals surface area contributed by atoms with Gasteiger partial charge in [0, 0.05) is 14.0 Å². The van der Waals surface area contributed by atoms with Gasteiger partial charge in [-0.2, -0.15) is 0 Å². The summed E-state index contributed by atoms with van der Waals surface area (Å²) >= 11 is 2.10. The van der Waals surface area contributed by atoms with Crippen molar-refractivity contribution >= 4 is 28.4 Å². The predicted molar refractivity (Wildman–Crippen MR) is 70.1 cm³/mol. The van der Waals surface area contributed by atoms with E-state index in [0.29, 0.717) is 29.8 Å². The van der Waals surface area contributed by atoms with Gasteiger partial charge in [-0.15, -0.1) is 0 Å². The quantitative estimate of drug-likeness (QED) is 0.853. The average Bonchev–Trinajstić information content (AvgIpc) is 2.71. The smallest absolute Gasteiger partial charge is 0.191 e. The van der Waals surface area contributed by atoms with E-state index in [2.05, 4.69) is 37.5 Å². The van der Waals surface area contributed by atoms with Crippen LogP contribution in [0, 0.1) is 10.5 Å². The minimum atomic E-state index is 0.384. The Morgan fingerprint density at radius 1 is 1.41 bits per heavy atom. The van der Waals surface area contributed by atoms with Crippen molar-refractivity contribution in [2.24, 2.45) is 0 Å². The number of hydrogen-bond acceptors (Lipinski definition) is 6. The van der Waals surface area contributed by atoms with Gasteiger partial charge in [0.25, 0.3) is 0 Å². The second kappa shape index (κ2) is 4.96. The maximum absolute atomic E-state index is 5.82. The molecule has 2 aromatic heterocycles. The van der Waals surface area contributed by atoms with Crippen molar-refractivity contribution in [1.82, 2.24) is 15.0 Å². The van der Waals surface area contributed by atoms with Gasteiger partial charge >= 0.3 is 0 Å². The Hall–Kier alpha value is -1.22. The number of halogens is 1. The highest BCUT2D eigenvalue weighted by molar-refractivity contribution is 14.1. The molecule has 0 saturated heterocycles. The zero-order chi connectivity index (χ0) is 12.4. The highest BCUT2D eigenvalue weighted by Crippen LogP contribution is 2.22. The van der Waals surface area contributed by atoms with Crippen LogP contribution < -0.4 is 5.73 Å². The summed E-state index contributed by atoms with van der Waals surface area (Å²) < 4.78 is 11.0. The van der Waals surface area contributed by atoms with Gasteiger partial charge in [0.15, 0.2) is 11.7 Å². The van der Waals surface area contributed by atoms with Crippen LogP contribution >= 0.6 is 22.6 Å². The lowest BCUT2D eigenvalue weighted by Gasteiger charge is -2.06. The first kappa shape index (κ1) is 12.2. The van der Waals surface area contributed by atoms with Crippen LogP contribution in [-0.2, 0) is 11.3 Å². The molecule has 0 spiro atoms. The molecule has 90 valence electrons. The molecule has 0 bridgehead atoms. The highest BCUT2D eigenvalue weighted by Gasteiger charge is 2.13. The van der Waals surface area contributed by atoms with Crippen molar-refractivity contribution in [3.05, 3.63) is 21.4 Å². The second-order valence-electron chi connectivity index (χ2n) is 3.38. The molecule has 2 rings (SSSR count). The molecule has 17 heavy (non-hydrogen) atoms. The Morgan fingerprint density at radius 2 is 2.18 bits per heavy atom. The molecular formula is C10H11IN4O2. The third kappa shape index (κ3) is 2.55. The van der Waals surface area contributed by atoms with Gasteiger partial charge in [-0.3, -0.25) is 0 Å². The summed E-state index contributed by atoms with van der Waals surface area (Å²) in [5, 5.41) is 0. The number of rotatable bonds is 3. The van der Waals surface area contributed by atoms with Crippen molar-refractivity contribution < 1.29 is 9.15 Å². The fourth-order valence-corrected chi connectivity index (χ4v) is 1.72. The maximum Gasteiger partial charge on any atom is 0.191 e. The lowest BCUT2D eigenvalue weighted by atomic mass is 10.3. The summed E-state index contributed by atoms with van der Waals surface area (Å²) in [6.45, 7) is 2.14. The molecule has 2 aromatic rings. The summed E-state index contributed by atoms with van der Waals surface area (Å²) in [5.74, 6) is 1.43. The maximum atomic E-state index is 5.82. The van der Waals surface area contributed by atoms with E-state index in [-0.39, 0.29) is 0 Å². The van der Waals surface area contributed by atoms with E-state index in [9.17, 15) is 0 Å². The Morgan fingerprint density at radius 3 is 2.76 bits per heavy atom. The zero-order valence-corrected chi connectivity index (χ0v) is 11.6. The Kier molecular flexibility index (Phi) is 3.57. The van der Waals surface area contributed by atoms with Crippen LogP contribution in [0.3, 0.4) is 0 Å². The van der Waals surface area contributed by atoms with Crippen molar-refractivity contribution in [2.75, 3.05) is 12.8 Å². The number of nitrogen functional groups attached to an aromatic ring is 1. The fraction of sp³-hybridized carbons (Fsp3) is 0.300. The monoisotopic (exact) mass is 346 g/mol. The van der Waals surface area contributed by atoms with E-state index < -0.39 is 0 Å². The number of aryl methyl sites for hydroxylation is 1. The van der Waals surface area contributed by atoms with Gasteiger partial charge in [-0.05, 0) is 22.6 Å². The zero-order valence-electron chi connectivity index (χ0n) is 9.40. The summed E-state index contributed by atoms with van der Waals surface area (Å²) in [5.41, 5.74) is 7.14. The average molecular weight is 346 g/mol. The predicted octanol–water partition coefficient (Wildman–Crippen LogP) is 1.77. The number of nitrogens with two attached hydrogens (primary N) is 1. The minimum Gasteiger partial charge on any atom is -0.449 e. The number of hydrogen-bond donors (Lipinski definition) is 1. The molecule has 0 amide bonds. The van der Waals surface area contributed by atoms with E-state index in [4.69, 9.17) is 14.9 Å². The summed E-state index contributed by atoms with van der Waals surface area (Å²) in [4.78, 5) is 12.7. The molecule has 0 aromatic carbocycles. The topological polar surface area (TPSA) is 87.1 Å². The molecule has 0 radical (unpaired) electrons. The standard InChI is InChI=1S/C10H11IN4O2/c1-5-13-7(4-17-5)10-14-6(3-16-2)8(11)9(12)15-10/h4H,3H2,1-2H3,(H2,12,14,15). The summed E-state index contributed by atoms with van der Waals surface area (Å²) in [6, 6.07) is 0. The number of methoxy groups -OCH3 is 1. The van der Waals surface area contributed by atoms with Crippen LogP contribution in [0.15, 0.2) is 10.7 Å². The van der Waals surface area contributed by atoms with Crippen molar-refractivity contribution in [3.63, 3.8) is 0 Å². The summed E-state index contributed by atoms with van der Waals surface area (Å²) in [7, 11) is 1.61. The van der Waals surface area contributed by atoms with Crippen LogP contribution in [0.4, 0.5) is 5.82 Å². The van der Waals surface area contributed by atoms with Crippen LogP contribution in [0.5, 0.6) is 0 Å². The molecule has 0 atom stereocenters. The van der Waals surface area contributed by atoms with Crippen LogP contribution in [0.2, 0.25) is 0 Å². The third-order valence-electron chi connectivity index (χ3n) is 2.07. The SMILES string of the molecule is COCc1nc(-c2coc(C)n2)nc(N)c1I. The molecule has 0 aliphatic heterocycles. The van der Waals surface area contributed by atoms with Gasteiger partial charge in [0.2, 0.25) is 0 Å². The molecule has 0 aliphatic carbocycles. The second-order valence-corrected chi connectivity index (χ2v) is 4.46. The minimum absolute atomic E-state index is 0.384. The van der Waals surface area contributed by atoms with Crippen LogP contribution in [0.25, 0.3) is 11.5 Å². The highest BCUT2D eigenvalue weighted by atomic mass is 127. The molecule has 0 unspecified atom stereocenters. The van der Waals surface area contributed by atoms with E-state index >= 15 is 0 Å². The van der Waals surface area contributed by atoms with Gasteiger partial charge in [-0.1, -0.05) is 0 Å². The molecule has 2 N–H and O–H groups in total. The fourth-order valence-electron chi connectivity index (χ4n) is 1.33. The molecule has 0 fully saturated rings. The van der Waals surface area contributed by atoms with E-state index in [0.717, 1.165) is 9.26 Å². The summed E-state index contributed by atoms with van der Waals surface area (Å²) in [6.07, 6.45) is 1.51. The van der Waals surface area contributed by atoms with E-state index in [1.165, 1.54) is 6.26 Å². The van der Waals surface area contributed by atoms with Gasteiger partial charge in [0.05, 0.1) is 15.9 Å². The first-order chi connectivity index (χ1) is 8.11. The molecule has 6 nitrogen and oxygen atoms in total. The Balaban J connectivity index is 2.48. The van der Waals surface area contributed by atoms with E-state index in [1.807, 2.05) is 0 Å². The number of oxazole rings is 1. The third-order valence-corrected chi connectivity index (χ3v) is 3.25. The van der Waals surface area contributed by atoms with Gasteiger partial charge in [-0.25, -0.2) is 15.0 Å².